The predicted octanol–water partition coefficient (Wildman–Crippen LogP) is 0.00536. The summed E-state index contributed by atoms with van der Waals surface area (Å²) in [4.78, 5) is 38.3. The van der Waals surface area contributed by atoms with Gasteiger partial charge in [0.25, 0.3) is 11.8 Å². The number of likely N-dealkylation sites (N-methyl/N-ethyl adjacent to an activating group) is 1. The summed E-state index contributed by atoms with van der Waals surface area (Å²) < 4.78 is 0. The molecule has 1 aliphatic heterocycles. The first-order valence-corrected chi connectivity index (χ1v) is 8.50. The van der Waals surface area contributed by atoms with Crippen molar-refractivity contribution < 1.29 is 19.3 Å². The van der Waals surface area contributed by atoms with E-state index in [9.17, 15) is 14.4 Å². The molecular weight excluding hydrogens is 320 g/mol. The number of hydrogen-bond acceptors (Lipinski definition) is 3. The summed E-state index contributed by atoms with van der Waals surface area (Å²) in [6.45, 7) is 8.68. The molecule has 2 rings (SSSR count). The number of nitrogens with one attached hydrogen (secondary N) is 3. The highest BCUT2D eigenvalue weighted by molar-refractivity contribution is 5.98. The average molecular weight is 347 g/mol. The van der Waals surface area contributed by atoms with E-state index in [1.807, 2.05) is 32.9 Å². The molecule has 1 aromatic rings. The van der Waals surface area contributed by atoms with Gasteiger partial charge in [-0.2, -0.15) is 0 Å². The molecule has 0 aromatic heterocycles. The van der Waals surface area contributed by atoms with Gasteiger partial charge >= 0.3 is 6.03 Å². The highest BCUT2D eigenvalue weighted by atomic mass is 16.2. The van der Waals surface area contributed by atoms with Gasteiger partial charge in [0.05, 0.1) is 7.05 Å². The zero-order chi connectivity index (χ0) is 18.7. The molecule has 1 aromatic carbocycles. The molecule has 1 unspecified atom stereocenters. The first-order chi connectivity index (χ1) is 11.7. The summed E-state index contributed by atoms with van der Waals surface area (Å²) in [7, 11) is 1.78. The molecule has 0 radical (unpaired) electrons. The molecule has 136 valence electrons. The van der Waals surface area contributed by atoms with Crippen molar-refractivity contribution in [2.45, 2.75) is 33.7 Å². The highest BCUT2D eigenvalue weighted by Crippen LogP contribution is 2.21. The van der Waals surface area contributed by atoms with Gasteiger partial charge in [-0.15, -0.1) is 0 Å². The Hall–Kier alpha value is -2.41. The first-order valence-electron chi connectivity index (χ1n) is 8.50. The average Bonchev–Trinajstić information content (AvgIpc) is 2.95. The molecule has 0 bridgehead atoms. The fraction of sp³-hybridized carbons (Fsp3) is 0.500. The number of rotatable bonds is 5. The number of imide groups is 1. The smallest absolute Gasteiger partial charge is 0.324 e. The Kier molecular flexibility index (Phi) is 5.79. The number of quaternary nitrogens is 1. The molecule has 7 heteroatoms. The molecule has 3 N–H and O–H groups in total. The van der Waals surface area contributed by atoms with Crippen molar-refractivity contribution in [2.75, 3.05) is 32.0 Å². The van der Waals surface area contributed by atoms with Crippen molar-refractivity contribution in [3.05, 3.63) is 28.8 Å². The molecule has 1 heterocycles. The SMILES string of the molecule is Cc1cc(C)c(NC(=O)C[NH+](C)[C@H](C)C(=O)N2CCNC2=O)c(C)c1. The summed E-state index contributed by atoms with van der Waals surface area (Å²) in [5.74, 6) is -0.416. The zero-order valence-corrected chi connectivity index (χ0v) is 15.5. The monoisotopic (exact) mass is 347 g/mol. The summed E-state index contributed by atoms with van der Waals surface area (Å²) in [6, 6.07) is 3.21. The third kappa shape index (κ3) is 4.36. The van der Waals surface area contributed by atoms with Crippen molar-refractivity contribution in [2.24, 2.45) is 0 Å². The number of aryl methyl sites for hydroxylation is 3. The predicted molar refractivity (Wildman–Crippen MR) is 95.6 cm³/mol. The van der Waals surface area contributed by atoms with Crippen molar-refractivity contribution in [3.63, 3.8) is 0 Å². The van der Waals surface area contributed by atoms with Crippen LogP contribution in [0.25, 0.3) is 0 Å². The maximum Gasteiger partial charge on any atom is 0.324 e. The first kappa shape index (κ1) is 18.9. The Morgan fingerprint density at radius 2 is 1.88 bits per heavy atom. The van der Waals surface area contributed by atoms with Crippen LogP contribution in [0, 0.1) is 20.8 Å². The number of carbonyl (C=O) groups excluding carboxylic acids is 3. The van der Waals surface area contributed by atoms with Gasteiger partial charge in [0.15, 0.2) is 12.6 Å². The molecule has 0 saturated carbocycles. The van der Waals surface area contributed by atoms with Gasteiger partial charge in [0, 0.05) is 18.8 Å². The lowest BCUT2D eigenvalue weighted by Crippen LogP contribution is -3.15. The molecule has 1 aliphatic rings. The van der Waals surface area contributed by atoms with E-state index in [1.165, 1.54) is 4.90 Å². The van der Waals surface area contributed by atoms with Gasteiger partial charge in [0.1, 0.15) is 0 Å². The number of nitrogens with zero attached hydrogens (tertiary/aromatic N) is 1. The molecule has 0 aliphatic carbocycles. The summed E-state index contributed by atoms with van der Waals surface area (Å²) in [6.07, 6.45) is 0. The van der Waals surface area contributed by atoms with Crippen LogP contribution < -0.4 is 15.5 Å². The largest absolute Gasteiger partial charge is 0.336 e. The zero-order valence-electron chi connectivity index (χ0n) is 15.5. The van der Waals surface area contributed by atoms with Gasteiger partial charge in [-0.3, -0.25) is 14.5 Å². The lowest BCUT2D eigenvalue weighted by Gasteiger charge is -2.23. The van der Waals surface area contributed by atoms with Gasteiger partial charge in [-0.1, -0.05) is 17.7 Å². The molecule has 1 saturated heterocycles. The lowest BCUT2D eigenvalue weighted by atomic mass is 10.1. The number of hydrogen-bond donors (Lipinski definition) is 3. The van der Waals surface area contributed by atoms with Crippen LogP contribution in [0.5, 0.6) is 0 Å². The van der Waals surface area contributed by atoms with E-state index in [2.05, 4.69) is 10.6 Å². The topological polar surface area (TPSA) is 82.9 Å². The van der Waals surface area contributed by atoms with Gasteiger partial charge in [0.2, 0.25) is 0 Å². The van der Waals surface area contributed by atoms with Crippen LogP contribution in [0.2, 0.25) is 0 Å². The van der Waals surface area contributed by atoms with Gasteiger partial charge in [-0.25, -0.2) is 4.79 Å². The number of anilines is 1. The molecule has 7 nitrogen and oxygen atoms in total. The van der Waals surface area contributed by atoms with Crippen LogP contribution in [0.1, 0.15) is 23.6 Å². The summed E-state index contributed by atoms with van der Waals surface area (Å²) in [5, 5.41) is 5.56. The molecule has 0 spiro atoms. The minimum atomic E-state index is -0.477. The Labute approximate surface area is 148 Å². The van der Waals surface area contributed by atoms with Crippen LogP contribution in [0.4, 0.5) is 10.5 Å². The van der Waals surface area contributed by atoms with E-state index in [4.69, 9.17) is 0 Å². The van der Waals surface area contributed by atoms with Gasteiger partial charge < -0.3 is 15.5 Å². The Morgan fingerprint density at radius 1 is 1.28 bits per heavy atom. The molecule has 25 heavy (non-hydrogen) atoms. The van der Waals surface area contributed by atoms with Crippen LogP contribution in [0.3, 0.4) is 0 Å². The fourth-order valence-electron chi connectivity index (χ4n) is 3.09. The second kappa shape index (κ2) is 7.65. The van der Waals surface area contributed by atoms with Crippen LogP contribution in [-0.2, 0) is 9.59 Å². The Bertz CT molecular complexity index is 679. The van der Waals surface area contributed by atoms with Gasteiger partial charge in [-0.05, 0) is 38.8 Å². The van der Waals surface area contributed by atoms with Crippen molar-refractivity contribution in [3.8, 4) is 0 Å². The number of urea groups is 1. The van der Waals surface area contributed by atoms with Crippen LogP contribution in [0.15, 0.2) is 12.1 Å². The maximum absolute atomic E-state index is 12.4. The van der Waals surface area contributed by atoms with E-state index >= 15 is 0 Å². The van der Waals surface area contributed by atoms with Crippen LogP contribution in [-0.4, -0.2) is 55.5 Å². The molecule has 4 amide bonds. The minimum Gasteiger partial charge on any atom is -0.336 e. The maximum atomic E-state index is 12.4. The van der Waals surface area contributed by atoms with Crippen LogP contribution >= 0.6 is 0 Å². The Balaban J connectivity index is 1.98. The second-order valence-corrected chi connectivity index (χ2v) is 6.79. The van der Waals surface area contributed by atoms with Crippen molar-refractivity contribution in [1.82, 2.24) is 10.2 Å². The quantitative estimate of drug-likeness (QED) is 0.701. The third-order valence-corrected chi connectivity index (χ3v) is 4.61. The number of amides is 4. The lowest BCUT2D eigenvalue weighted by molar-refractivity contribution is -0.886. The van der Waals surface area contributed by atoms with E-state index in [0.717, 1.165) is 27.3 Å². The normalized spacial score (nSPS) is 16.4. The highest BCUT2D eigenvalue weighted by Gasteiger charge is 2.34. The Morgan fingerprint density at radius 3 is 2.40 bits per heavy atom. The second-order valence-electron chi connectivity index (χ2n) is 6.79. The van der Waals surface area contributed by atoms with Crippen molar-refractivity contribution in [1.29, 1.82) is 0 Å². The van der Waals surface area contributed by atoms with E-state index in [-0.39, 0.29) is 24.4 Å². The third-order valence-electron chi connectivity index (χ3n) is 4.61. The van der Waals surface area contributed by atoms with E-state index < -0.39 is 6.04 Å². The molecule has 2 atom stereocenters. The standard InChI is InChI=1S/C18H26N4O3/c1-11-8-12(2)16(13(3)9-11)20-15(23)10-21(5)14(4)17(24)22-7-6-19-18(22)25/h8-9,14H,6-7,10H2,1-5H3,(H,19,25)(H,20,23)/p+1/t14-/m1/s1. The number of carbonyl (C=O) groups is 3. The van der Waals surface area contributed by atoms with E-state index in [0.29, 0.717) is 13.1 Å². The van der Waals surface area contributed by atoms with E-state index in [1.54, 1.807) is 14.0 Å². The molecule has 1 fully saturated rings. The fourth-order valence-corrected chi connectivity index (χ4v) is 3.09. The number of benzene rings is 1. The summed E-state index contributed by atoms with van der Waals surface area (Å²) in [5.41, 5.74) is 4.00. The minimum absolute atomic E-state index is 0.148. The molecular formula is C18H27N4O3+. The van der Waals surface area contributed by atoms with Crippen molar-refractivity contribution >= 4 is 23.5 Å². The summed E-state index contributed by atoms with van der Waals surface area (Å²) >= 11 is 0.